The van der Waals surface area contributed by atoms with Gasteiger partial charge in [-0.2, -0.15) is 0 Å². The van der Waals surface area contributed by atoms with Crippen LogP contribution in [-0.4, -0.2) is 58.9 Å². The molecular weight excluding hydrogens is 328 g/mol. The third-order valence-electron chi connectivity index (χ3n) is 4.99. The highest BCUT2D eigenvalue weighted by Gasteiger charge is 2.24. The molecule has 1 saturated heterocycles. The maximum Gasteiger partial charge on any atom is 0.270 e. The largest absolute Gasteiger partial charge is 0.337 e. The topological polar surface area (TPSA) is 57.6 Å². The second kappa shape index (κ2) is 7.91. The van der Waals surface area contributed by atoms with Gasteiger partial charge in [-0.25, -0.2) is 0 Å². The molecule has 6 nitrogen and oxygen atoms in total. The number of anilines is 1. The molecule has 0 spiro atoms. The van der Waals surface area contributed by atoms with Crippen molar-refractivity contribution in [1.29, 1.82) is 0 Å². The van der Waals surface area contributed by atoms with Crippen molar-refractivity contribution >= 4 is 28.4 Å². The number of carbonyl (C=O) groups is 2. The van der Waals surface area contributed by atoms with E-state index in [4.69, 9.17) is 0 Å². The number of hydrogen-bond donors (Lipinski definition) is 1. The van der Waals surface area contributed by atoms with Crippen LogP contribution in [0.4, 0.5) is 5.69 Å². The van der Waals surface area contributed by atoms with Crippen LogP contribution in [0.2, 0.25) is 0 Å². The first kappa shape index (κ1) is 18.5. The molecule has 1 aromatic carbocycles. The summed E-state index contributed by atoms with van der Waals surface area (Å²) >= 11 is 0. The molecule has 1 aliphatic heterocycles. The predicted octanol–water partition coefficient (Wildman–Crippen LogP) is 2.79. The number of aryl methyl sites for hydroxylation is 1. The van der Waals surface area contributed by atoms with Crippen LogP contribution in [0, 0.1) is 0 Å². The fourth-order valence-electron chi connectivity index (χ4n) is 3.62. The average Bonchev–Trinajstić information content (AvgIpc) is 2.99. The van der Waals surface area contributed by atoms with E-state index in [0.717, 1.165) is 68.0 Å². The summed E-state index contributed by atoms with van der Waals surface area (Å²) in [7, 11) is 0. The highest BCUT2D eigenvalue weighted by Crippen LogP contribution is 2.25. The van der Waals surface area contributed by atoms with Gasteiger partial charge in [0.1, 0.15) is 5.69 Å². The number of rotatable bonds is 5. The van der Waals surface area contributed by atoms with E-state index in [1.807, 2.05) is 29.2 Å². The second-order valence-electron chi connectivity index (χ2n) is 6.86. The number of carbonyl (C=O) groups excluding carboxylic acids is 2. The lowest BCUT2D eigenvalue weighted by Gasteiger charge is -2.34. The van der Waals surface area contributed by atoms with E-state index < -0.39 is 0 Å². The summed E-state index contributed by atoms with van der Waals surface area (Å²) in [6.07, 6.45) is 0.959. The van der Waals surface area contributed by atoms with Crippen molar-refractivity contribution in [3.8, 4) is 0 Å². The van der Waals surface area contributed by atoms with Gasteiger partial charge in [0, 0.05) is 56.2 Å². The van der Waals surface area contributed by atoms with Crippen molar-refractivity contribution < 1.29 is 9.59 Å². The van der Waals surface area contributed by atoms with Gasteiger partial charge in [-0.3, -0.25) is 9.59 Å². The maximum atomic E-state index is 13.1. The molecule has 6 heteroatoms. The molecule has 3 rings (SSSR count). The van der Waals surface area contributed by atoms with Gasteiger partial charge in [-0.05, 0) is 37.2 Å². The average molecular weight is 356 g/mol. The molecule has 2 aromatic rings. The molecule has 0 unspecified atom stereocenters. The van der Waals surface area contributed by atoms with E-state index in [-0.39, 0.29) is 11.8 Å². The Hall–Kier alpha value is -2.34. The van der Waals surface area contributed by atoms with E-state index in [1.165, 1.54) is 6.92 Å². The smallest absolute Gasteiger partial charge is 0.270 e. The van der Waals surface area contributed by atoms with Crippen LogP contribution in [0.5, 0.6) is 0 Å². The zero-order valence-corrected chi connectivity index (χ0v) is 15.9. The summed E-state index contributed by atoms with van der Waals surface area (Å²) in [5, 5.41) is 3.80. The van der Waals surface area contributed by atoms with Crippen molar-refractivity contribution in [2.45, 2.75) is 33.7 Å². The standard InChI is InChI=1S/C20H28N4O2/c1-4-8-24-18-7-6-17(21-15(3)25)13-16(18)14-19(24)20(26)23-11-9-22(5-2)10-12-23/h6-7,13-14H,4-5,8-12H2,1-3H3,(H,21,25). The van der Waals surface area contributed by atoms with Crippen LogP contribution in [0.25, 0.3) is 10.9 Å². The number of aromatic nitrogens is 1. The molecule has 1 N–H and O–H groups in total. The summed E-state index contributed by atoms with van der Waals surface area (Å²) in [5.74, 6) is 0.00826. The van der Waals surface area contributed by atoms with Gasteiger partial charge < -0.3 is 19.7 Å². The van der Waals surface area contributed by atoms with Gasteiger partial charge in [0.05, 0.1) is 0 Å². The number of hydrogen-bond acceptors (Lipinski definition) is 3. The van der Waals surface area contributed by atoms with Gasteiger partial charge in [0.15, 0.2) is 0 Å². The molecule has 0 radical (unpaired) electrons. The first-order valence-corrected chi connectivity index (χ1v) is 9.46. The summed E-state index contributed by atoms with van der Waals surface area (Å²) in [4.78, 5) is 28.8. The minimum atomic E-state index is -0.0950. The highest BCUT2D eigenvalue weighted by molar-refractivity contribution is 6.00. The first-order chi connectivity index (χ1) is 12.5. The number of benzene rings is 1. The van der Waals surface area contributed by atoms with Gasteiger partial charge in [0.2, 0.25) is 5.91 Å². The Morgan fingerprint density at radius 2 is 1.81 bits per heavy atom. The van der Waals surface area contributed by atoms with E-state index >= 15 is 0 Å². The van der Waals surface area contributed by atoms with E-state index in [1.54, 1.807) is 0 Å². The normalized spacial score (nSPS) is 15.4. The zero-order valence-electron chi connectivity index (χ0n) is 15.9. The third kappa shape index (κ3) is 3.75. The van der Waals surface area contributed by atoms with Crippen LogP contribution in [-0.2, 0) is 11.3 Å². The van der Waals surface area contributed by atoms with Gasteiger partial charge in [0.25, 0.3) is 5.91 Å². The Bertz CT molecular complexity index is 803. The molecule has 1 aromatic heterocycles. The Morgan fingerprint density at radius 3 is 2.42 bits per heavy atom. The molecule has 26 heavy (non-hydrogen) atoms. The summed E-state index contributed by atoms with van der Waals surface area (Å²) in [6.45, 7) is 11.0. The second-order valence-corrected chi connectivity index (χ2v) is 6.86. The highest BCUT2D eigenvalue weighted by atomic mass is 16.2. The Morgan fingerprint density at radius 1 is 1.08 bits per heavy atom. The number of fused-ring (bicyclic) bond motifs is 1. The monoisotopic (exact) mass is 356 g/mol. The lowest BCUT2D eigenvalue weighted by Crippen LogP contribution is -2.48. The van der Waals surface area contributed by atoms with Crippen LogP contribution in [0.1, 0.15) is 37.7 Å². The van der Waals surface area contributed by atoms with Crippen molar-refractivity contribution in [1.82, 2.24) is 14.4 Å². The molecular formula is C20H28N4O2. The summed E-state index contributed by atoms with van der Waals surface area (Å²) < 4.78 is 2.11. The van der Waals surface area contributed by atoms with Crippen molar-refractivity contribution in [2.24, 2.45) is 0 Å². The molecule has 140 valence electrons. The fraction of sp³-hybridized carbons (Fsp3) is 0.500. The lowest BCUT2D eigenvalue weighted by molar-refractivity contribution is -0.114. The van der Waals surface area contributed by atoms with Gasteiger partial charge >= 0.3 is 0 Å². The quantitative estimate of drug-likeness (QED) is 0.896. The fourth-order valence-corrected chi connectivity index (χ4v) is 3.62. The number of likely N-dealkylation sites (N-methyl/N-ethyl adjacent to an activating group) is 1. The molecule has 0 bridgehead atoms. The van der Waals surface area contributed by atoms with Crippen molar-refractivity contribution in [3.05, 3.63) is 30.0 Å². The van der Waals surface area contributed by atoms with Crippen LogP contribution in [0.15, 0.2) is 24.3 Å². The van der Waals surface area contributed by atoms with Crippen LogP contribution >= 0.6 is 0 Å². The number of nitrogens with zero attached hydrogens (tertiary/aromatic N) is 3. The van der Waals surface area contributed by atoms with E-state index in [9.17, 15) is 9.59 Å². The predicted molar refractivity (Wildman–Crippen MR) is 105 cm³/mol. The van der Waals surface area contributed by atoms with Crippen LogP contribution < -0.4 is 5.32 Å². The molecule has 0 atom stereocenters. The SMILES string of the molecule is CCCn1c(C(=O)N2CCN(CC)CC2)cc2cc(NC(C)=O)ccc21. The molecule has 2 amide bonds. The number of amides is 2. The number of piperazine rings is 1. The lowest BCUT2D eigenvalue weighted by atomic mass is 10.2. The third-order valence-corrected chi connectivity index (χ3v) is 4.99. The van der Waals surface area contributed by atoms with Crippen molar-refractivity contribution in [3.63, 3.8) is 0 Å². The Kier molecular flexibility index (Phi) is 5.61. The zero-order chi connectivity index (χ0) is 18.7. The van der Waals surface area contributed by atoms with Gasteiger partial charge in [-0.15, -0.1) is 0 Å². The molecule has 0 saturated carbocycles. The van der Waals surface area contributed by atoms with Gasteiger partial charge in [-0.1, -0.05) is 13.8 Å². The maximum absolute atomic E-state index is 13.1. The minimum absolute atomic E-state index is 0.0950. The molecule has 2 heterocycles. The van der Waals surface area contributed by atoms with Crippen molar-refractivity contribution in [2.75, 3.05) is 38.0 Å². The Balaban J connectivity index is 1.92. The van der Waals surface area contributed by atoms with E-state index in [2.05, 4.69) is 28.6 Å². The minimum Gasteiger partial charge on any atom is -0.337 e. The molecule has 1 aliphatic rings. The first-order valence-electron chi connectivity index (χ1n) is 9.46. The summed E-state index contributed by atoms with van der Waals surface area (Å²) in [5.41, 5.74) is 2.54. The van der Waals surface area contributed by atoms with E-state index in [0.29, 0.717) is 0 Å². The molecule has 1 fully saturated rings. The number of nitrogens with one attached hydrogen (secondary N) is 1. The summed E-state index contributed by atoms with van der Waals surface area (Å²) in [6, 6.07) is 7.78. The molecule has 0 aliphatic carbocycles. The Labute approximate surface area is 154 Å². The van der Waals surface area contributed by atoms with Crippen LogP contribution in [0.3, 0.4) is 0 Å².